The lowest BCUT2D eigenvalue weighted by atomic mass is 10.1. The monoisotopic (exact) mass is 367 g/mol. The van der Waals surface area contributed by atoms with E-state index >= 15 is 0 Å². The zero-order chi connectivity index (χ0) is 19.3. The summed E-state index contributed by atoms with van der Waals surface area (Å²) in [6.45, 7) is 2.42. The SMILES string of the molecule is CCCNc1ccc(C(=O)Nc2cccc(C(F)(F)F)c2)cc1[N+](=O)[O-]. The Labute approximate surface area is 147 Å². The Hall–Kier alpha value is -3.10. The number of nitrogens with zero attached hydrogens (tertiary/aromatic N) is 1. The topological polar surface area (TPSA) is 84.3 Å². The second kappa shape index (κ2) is 7.85. The van der Waals surface area contributed by atoms with Crippen LogP contribution in [0.3, 0.4) is 0 Å². The molecule has 0 aliphatic heterocycles. The van der Waals surface area contributed by atoms with Crippen molar-refractivity contribution in [1.82, 2.24) is 0 Å². The van der Waals surface area contributed by atoms with Crippen LogP contribution in [0, 0.1) is 10.1 Å². The van der Waals surface area contributed by atoms with Crippen molar-refractivity contribution in [2.75, 3.05) is 17.2 Å². The summed E-state index contributed by atoms with van der Waals surface area (Å²) in [4.78, 5) is 22.8. The number of amides is 1. The third kappa shape index (κ3) is 4.71. The van der Waals surface area contributed by atoms with E-state index in [4.69, 9.17) is 0 Å². The molecule has 2 aromatic rings. The number of carbonyl (C=O) groups is 1. The maximum absolute atomic E-state index is 12.7. The number of benzene rings is 2. The van der Waals surface area contributed by atoms with Gasteiger partial charge in [0.25, 0.3) is 11.6 Å². The van der Waals surface area contributed by atoms with Crippen molar-refractivity contribution in [3.05, 3.63) is 63.7 Å². The van der Waals surface area contributed by atoms with Crippen molar-refractivity contribution in [1.29, 1.82) is 0 Å². The van der Waals surface area contributed by atoms with Crippen LogP contribution in [-0.2, 0) is 6.18 Å². The number of nitro benzene ring substituents is 1. The minimum atomic E-state index is -4.54. The van der Waals surface area contributed by atoms with Gasteiger partial charge >= 0.3 is 6.18 Å². The molecule has 0 aromatic heterocycles. The maximum atomic E-state index is 12.7. The standard InChI is InChI=1S/C17H16F3N3O3/c1-2-8-21-14-7-6-11(9-15(14)23(25)26)16(24)22-13-5-3-4-12(10-13)17(18,19)20/h3-7,9-10,21H,2,8H2,1H3,(H,22,24). The lowest BCUT2D eigenvalue weighted by molar-refractivity contribution is -0.384. The molecule has 0 aliphatic carbocycles. The highest BCUT2D eigenvalue weighted by Crippen LogP contribution is 2.31. The molecular formula is C17H16F3N3O3. The first-order valence-corrected chi connectivity index (χ1v) is 7.73. The smallest absolute Gasteiger partial charge is 0.380 e. The number of nitrogens with one attached hydrogen (secondary N) is 2. The molecule has 0 atom stereocenters. The van der Waals surface area contributed by atoms with Gasteiger partial charge in [-0.2, -0.15) is 13.2 Å². The second-order valence-corrected chi connectivity index (χ2v) is 5.45. The molecule has 0 heterocycles. The number of halogens is 3. The van der Waals surface area contributed by atoms with Gasteiger partial charge in [0.15, 0.2) is 0 Å². The molecule has 2 rings (SSSR count). The number of hydrogen-bond donors (Lipinski definition) is 2. The fourth-order valence-electron chi connectivity index (χ4n) is 2.21. The van der Waals surface area contributed by atoms with E-state index in [1.165, 1.54) is 24.3 Å². The molecule has 0 saturated heterocycles. The second-order valence-electron chi connectivity index (χ2n) is 5.45. The number of anilines is 2. The van der Waals surface area contributed by atoms with Gasteiger partial charge in [0.1, 0.15) is 5.69 Å². The summed E-state index contributed by atoms with van der Waals surface area (Å²) in [5.74, 6) is -0.741. The Morgan fingerprint density at radius 2 is 1.92 bits per heavy atom. The van der Waals surface area contributed by atoms with Gasteiger partial charge in [0, 0.05) is 23.9 Å². The Bertz CT molecular complexity index is 822. The highest BCUT2D eigenvalue weighted by Gasteiger charge is 2.30. The number of nitro groups is 1. The Morgan fingerprint density at radius 3 is 2.54 bits per heavy atom. The van der Waals surface area contributed by atoms with E-state index in [-0.39, 0.29) is 22.6 Å². The summed E-state index contributed by atoms with van der Waals surface area (Å²) in [6, 6.07) is 8.00. The highest BCUT2D eigenvalue weighted by molar-refractivity contribution is 6.05. The van der Waals surface area contributed by atoms with Crippen LogP contribution in [0.15, 0.2) is 42.5 Å². The van der Waals surface area contributed by atoms with Gasteiger partial charge in [0.2, 0.25) is 0 Å². The predicted octanol–water partition coefficient (Wildman–Crippen LogP) is 4.69. The Balaban J connectivity index is 2.24. The van der Waals surface area contributed by atoms with E-state index in [1.54, 1.807) is 0 Å². The van der Waals surface area contributed by atoms with Crippen LogP contribution in [-0.4, -0.2) is 17.4 Å². The van der Waals surface area contributed by atoms with Gasteiger partial charge in [-0.05, 0) is 36.8 Å². The van der Waals surface area contributed by atoms with Crippen LogP contribution < -0.4 is 10.6 Å². The Morgan fingerprint density at radius 1 is 1.19 bits per heavy atom. The number of hydrogen-bond acceptors (Lipinski definition) is 4. The highest BCUT2D eigenvalue weighted by atomic mass is 19.4. The van der Waals surface area contributed by atoms with Crippen LogP contribution >= 0.6 is 0 Å². The van der Waals surface area contributed by atoms with Crippen LogP contribution in [0.5, 0.6) is 0 Å². The average molecular weight is 367 g/mol. The molecule has 1 amide bonds. The molecule has 0 radical (unpaired) electrons. The van der Waals surface area contributed by atoms with Crippen LogP contribution in [0.1, 0.15) is 29.3 Å². The first-order chi connectivity index (χ1) is 12.2. The molecule has 138 valence electrons. The maximum Gasteiger partial charge on any atom is 0.416 e. The predicted molar refractivity (Wildman–Crippen MR) is 91.3 cm³/mol. The zero-order valence-corrected chi connectivity index (χ0v) is 13.8. The van der Waals surface area contributed by atoms with Gasteiger partial charge < -0.3 is 10.6 Å². The van der Waals surface area contributed by atoms with Gasteiger partial charge in [-0.25, -0.2) is 0 Å². The van der Waals surface area contributed by atoms with E-state index in [1.807, 2.05) is 6.92 Å². The van der Waals surface area contributed by atoms with Crippen LogP contribution in [0.25, 0.3) is 0 Å². The van der Waals surface area contributed by atoms with E-state index in [9.17, 15) is 28.1 Å². The van der Waals surface area contributed by atoms with Crippen molar-refractivity contribution < 1.29 is 22.9 Å². The molecule has 9 heteroatoms. The molecule has 0 unspecified atom stereocenters. The lowest BCUT2D eigenvalue weighted by Gasteiger charge is -2.11. The van der Waals surface area contributed by atoms with Crippen molar-refractivity contribution in [2.45, 2.75) is 19.5 Å². The summed E-state index contributed by atoms with van der Waals surface area (Å²) < 4.78 is 38.2. The molecule has 2 aromatic carbocycles. The van der Waals surface area contributed by atoms with Crippen LogP contribution in [0.4, 0.5) is 30.2 Å². The zero-order valence-electron chi connectivity index (χ0n) is 13.8. The van der Waals surface area contributed by atoms with Crippen molar-refractivity contribution in [2.24, 2.45) is 0 Å². The number of rotatable bonds is 6. The van der Waals surface area contributed by atoms with E-state index in [2.05, 4.69) is 10.6 Å². The molecular weight excluding hydrogens is 351 g/mol. The summed E-state index contributed by atoms with van der Waals surface area (Å²) in [7, 11) is 0. The van der Waals surface area contributed by atoms with Crippen LogP contribution in [0.2, 0.25) is 0 Å². The molecule has 0 aliphatic rings. The number of alkyl halides is 3. The molecule has 6 nitrogen and oxygen atoms in total. The minimum absolute atomic E-state index is 0.0313. The molecule has 0 bridgehead atoms. The summed E-state index contributed by atoms with van der Waals surface area (Å²) in [6.07, 6.45) is -3.78. The van der Waals surface area contributed by atoms with E-state index in [0.717, 1.165) is 24.6 Å². The third-order valence-corrected chi connectivity index (χ3v) is 3.47. The van der Waals surface area contributed by atoms with Crippen molar-refractivity contribution in [3.8, 4) is 0 Å². The fraction of sp³-hybridized carbons (Fsp3) is 0.235. The van der Waals surface area contributed by atoms with Crippen molar-refractivity contribution >= 4 is 23.0 Å². The molecule has 0 saturated carbocycles. The lowest BCUT2D eigenvalue weighted by Crippen LogP contribution is -2.14. The normalized spacial score (nSPS) is 11.1. The number of carbonyl (C=O) groups excluding carboxylic acids is 1. The molecule has 26 heavy (non-hydrogen) atoms. The van der Waals surface area contributed by atoms with E-state index < -0.39 is 22.6 Å². The molecule has 0 fully saturated rings. The first kappa shape index (κ1) is 19.2. The summed E-state index contributed by atoms with van der Waals surface area (Å²) in [5.41, 5.74) is -1.00. The minimum Gasteiger partial charge on any atom is -0.380 e. The fourth-order valence-corrected chi connectivity index (χ4v) is 2.21. The first-order valence-electron chi connectivity index (χ1n) is 7.73. The average Bonchev–Trinajstić information content (AvgIpc) is 2.59. The molecule has 0 spiro atoms. The Kier molecular flexibility index (Phi) is 5.81. The van der Waals surface area contributed by atoms with Gasteiger partial charge in [-0.15, -0.1) is 0 Å². The van der Waals surface area contributed by atoms with Gasteiger partial charge in [-0.1, -0.05) is 13.0 Å². The molecule has 2 N–H and O–H groups in total. The quantitative estimate of drug-likeness (QED) is 0.573. The third-order valence-electron chi connectivity index (χ3n) is 3.47. The van der Waals surface area contributed by atoms with Crippen molar-refractivity contribution in [3.63, 3.8) is 0 Å². The van der Waals surface area contributed by atoms with E-state index in [0.29, 0.717) is 6.54 Å². The summed E-state index contributed by atoms with van der Waals surface area (Å²) in [5, 5.41) is 16.4. The van der Waals surface area contributed by atoms with Gasteiger partial charge in [0.05, 0.1) is 10.5 Å². The van der Waals surface area contributed by atoms with Gasteiger partial charge in [-0.3, -0.25) is 14.9 Å². The summed E-state index contributed by atoms with van der Waals surface area (Å²) >= 11 is 0. The largest absolute Gasteiger partial charge is 0.416 e.